The van der Waals surface area contributed by atoms with Gasteiger partial charge in [0.05, 0.1) is 22.3 Å². The van der Waals surface area contributed by atoms with Gasteiger partial charge in [0.15, 0.2) is 0 Å². The summed E-state index contributed by atoms with van der Waals surface area (Å²) in [6, 6.07) is 50.3. The molecule has 254 valence electrons. The monoisotopic (exact) mass is 675 g/mol. The standard InChI is InChI=1S/C48H41N3O/c1-31-25-39(30-42(32(31)2)34-17-10-7-11-18-34)51-44-21-14-20-40(46(44)50-47(51)41-19-12-13-22-45(41)52)36-26-37(28-38(27-36)48(3,4)5)43-29-35(23-24-49-43)33-15-8-6-9-16-33/h6-30,52H,1-5H3. The van der Waals surface area contributed by atoms with Gasteiger partial charge in [-0.3, -0.25) is 9.55 Å². The van der Waals surface area contributed by atoms with E-state index in [9.17, 15) is 5.11 Å². The highest BCUT2D eigenvalue weighted by Crippen LogP contribution is 2.41. The van der Waals surface area contributed by atoms with E-state index in [2.05, 4.69) is 148 Å². The number of phenolic OH excluding ortho intramolecular Hbond substituents is 1. The summed E-state index contributed by atoms with van der Waals surface area (Å²) < 4.78 is 2.20. The van der Waals surface area contributed by atoms with E-state index < -0.39 is 0 Å². The molecule has 0 aliphatic rings. The molecule has 0 unspecified atom stereocenters. The van der Waals surface area contributed by atoms with Gasteiger partial charge >= 0.3 is 0 Å². The maximum Gasteiger partial charge on any atom is 0.149 e. The Morgan fingerprint density at radius 1 is 0.558 bits per heavy atom. The van der Waals surface area contributed by atoms with Crippen LogP contribution in [-0.2, 0) is 5.41 Å². The number of nitrogens with zero attached hydrogens (tertiary/aromatic N) is 3. The molecule has 0 fully saturated rings. The SMILES string of the molecule is Cc1cc(-n2c(-c3ccccc3O)nc3c(-c4cc(-c5cc(-c6ccccc6)ccn5)cc(C(C)(C)C)c4)cccc32)cc(-c2ccccc2)c1C. The van der Waals surface area contributed by atoms with E-state index in [1.54, 1.807) is 6.07 Å². The van der Waals surface area contributed by atoms with Crippen LogP contribution in [0.1, 0.15) is 37.5 Å². The summed E-state index contributed by atoms with van der Waals surface area (Å²) in [7, 11) is 0. The molecule has 0 amide bonds. The summed E-state index contributed by atoms with van der Waals surface area (Å²) in [5.74, 6) is 0.876. The van der Waals surface area contributed by atoms with Crippen molar-refractivity contribution < 1.29 is 5.11 Å². The Morgan fingerprint density at radius 2 is 1.23 bits per heavy atom. The zero-order valence-corrected chi connectivity index (χ0v) is 30.2. The van der Waals surface area contributed by atoms with E-state index in [4.69, 9.17) is 9.97 Å². The lowest BCUT2D eigenvalue weighted by atomic mass is 9.83. The van der Waals surface area contributed by atoms with Crippen LogP contribution in [0.3, 0.4) is 0 Å². The number of hydrogen-bond donors (Lipinski definition) is 1. The number of hydrogen-bond acceptors (Lipinski definition) is 3. The topological polar surface area (TPSA) is 50.9 Å². The molecule has 2 aromatic heterocycles. The molecule has 0 radical (unpaired) electrons. The van der Waals surface area contributed by atoms with Crippen molar-refractivity contribution in [2.45, 2.75) is 40.0 Å². The highest BCUT2D eigenvalue weighted by molar-refractivity contribution is 5.97. The average molecular weight is 676 g/mol. The number of pyridine rings is 1. The minimum Gasteiger partial charge on any atom is -0.507 e. The van der Waals surface area contributed by atoms with Crippen LogP contribution in [-0.4, -0.2) is 19.6 Å². The number of aryl methyl sites for hydroxylation is 1. The van der Waals surface area contributed by atoms with Gasteiger partial charge in [-0.2, -0.15) is 0 Å². The zero-order valence-electron chi connectivity index (χ0n) is 30.2. The second kappa shape index (κ2) is 13.1. The minimum atomic E-state index is -0.108. The molecule has 0 spiro atoms. The number of para-hydroxylation sites is 2. The predicted octanol–water partition coefficient (Wildman–Crippen LogP) is 12.4. The Morgan fingerprint density at radius 3 is 1.96 bits per heavy atom. The van der Waals surface area contributed by atoms with Crippen molar-refractivity contribution in [1.82, 2.24) is 14.5 Å². The molecule has 6 aromatic carbocycles. The number of phenols is 1. The van der Waals surface area contributed by atoms with E-state index in [0.717, 1.165) is 55.8 Å². The van der Waals surface area contributed by atoms with Crippen LogP contribution in [0.4, 0.5) is 0 Å². The van der Waals surface area contributed by atoms with Gasteiger partial charge in [0.2, 0.25) is 0 Å². The number of benzene rings is 6. The lowest BCUT2D eigenvalue weighted by Gasteiger charge is -2.22. The first-order valence-corrected chi connectivity index (χ1v) is 17.8. The quantitative estimate of drug-likeness (QED) is 0.191. The predicted molar refractivity (Wildman–Crippen MR) is 216 cm³/mol. The van der Waals surface area contributed by atoms with Crippen LogP contribution in [0.15, 0.2) is 152 Å². The molecular weight excluding hydrogens is 635 g/mol. The molecule has 0 bridgehead atoms. The summed E-state index contributed by atoms with van der Waals surface area (Å²) in [5.41, 5.74) is 15.7. The van der Waals surface area contributed by atoms with Gasteiger partial charge < -0.3 is 5.11 Å². The molecular formula is C48H41N3O. The molecule has 4 heteroatoms. The van der Waals surface area contributed by atoms with Gasteiger partial charge in [0, 0.05) is 23.0 Å². The summed E-state index contributed by atoms with van der Waals surface area (Å²) in [6.45, 7) is 11.1. The van der Waals surface area contributed by atoms with Crippen LogP contribution in [0, 0.1) is 13.8 Å². The van der Waals surface area contributed by atoms with Crippen LogP contribution < -0.4 is 0 Å². The lowest BCUT2D eigenvalue weighted by molar-refractivity contribution is 0.477. The molecule has 0 saturated carbocycles. The van der Waals surface area contributed by atoms with E-state index in [1.807, 2.05) is 36.5 Å². The van der Waals surface area contributed by atoms with Gasteiger partial charge in [0.1, 0.15) is 11.6 Å². The molecule has 8 rings (SSSR count). The van der Waals surface area contributed by atoms with Crippen LogP contribution in [0.2, 0.25) is 0 Å². The number of aromatic nitrogens is 3. The molecule has 8 aromatic rings. The van der Waals surface area contributed by atoms with Crippen molar-refractivity contribution in [3.8, 4) is 67.5 Å². The van der Waals surface area contributed by atoms with Crippen molar-refractivity contribution in [1.29, 1.82) is 0 Å². The fourth-order valence-corrected chi connectivity index (χ4v) is 7.09. The third-order valence-corrected chi connectivity index (χ3v) is 10.1. The molecule has 0 aliphatic carbocycles. The first kappa shape index (κ1) is 32.9. The van der Waals surface area contributed by atoms with E-state index in [-0.39, 0.29) is 11.2 Å². The van der Waals surface area contributed by atoms with E-state index >= 15 is 0 Å². The Balaban J connectivity index is 1.37. The fraction of sp³-hybridized carbons (Fsp3) is 0.125. The first-order valence-electron chi connectivity index (χ1n) is 17.8. The molecule has 2 heterocycles. The maximum atomic E-state index is 11.2. The smallest absolute Gasteiger partial charge is 0.149 e. The number of fused-ring (bicyclic) bond motifs is 1. The molecule has 0 atom stereocenters. The third kappa shape index (κ3) is 6.07. The van der Waals surface area contributed by atoms with Gasteiger partial charge in [-0.25, -0.2) is 4.98 Å². The summed E-state index contributed by atoms with van der Waals surface area (Å²) in [4.78, 5) is 10.3. The average Bonchev–Trinajstić information content (AvgIpc) is 3.56. The molecule has 1 N–H and O–H groups in total. The lowest BCUT2D eigenvalue weighted by Crippen LogP contribution is -2.11. The van der Waals surface area contributed by atoms with Gasteiger partial charge in [-0.15, -0.1) is 0 Å². The van der Waals surface area contributed by atoms with Crippen molar-refractivity contribution in [2.75, 3.05) is 0 Å². The van der Waals surface area contributed by atoms with E-state index in [0.29, 0.717) is 11.4 Å². The summed E-state index contributed by atoms with van der Waals surface area (Å²) >= 11 is 0. The largest absolute Gasteiger partial charge is 0.507 e. The minimum absolute atomic E-state index is 0.108. The highest BCUT2D eigenvalue weighted by atomic mass is 16.3. The van der Waals surface area contributed by atoms with Gasteiger partial charge in [-0.05, 0) is 118 Å². The number of aromatic hydroxyl groups is 1. The van der Waals surface area contributed by atoms with Crippen molar-refractivity contribution in [2.24, 2.45) is 0 Å². The Bertz CT molecular complexity index is 2580. The van der Waals surface area contributed by atoms with Gasteiger partial charge in [-0.1, -0.05) is 112 Å². The zero-order chi connectivity index (χ0) is 36.0. The number of rotatable bonds is 6. The van der Waals surface area contributed by atoms with Gasteiger partial charge in [0.25, 0.3) is 0 Å². The maximum absolute atomic E-state index is 11.2. The first-order chi connectivity index (χ1) is 25.2. The second-order valence-electron chi connectivity index (χ2n) is 14.6. The van der Waals surface area contributed by atoms with Crippen LogP contribution in [0.5, 0.6) is 5.75 Å². The normalized spacial score (nSPS) is 11.6. The van der Waals surface area contributed by atoms with Crippen molar-refractivity contribution in [3.05, 3.63) is 168 Å². The van der Waals surface area contributed by atoms with Crippen molar-refractivity contribution >= 4 is 11.0 Å². The Kier molecular flexibility index (Phi) is 8.31. The Hall–Kier alpha value is -6.26. The fourth-order valence-electron chi connectivity index (χ4n) is 7.09. The second-order valence-corrected chi connectivity index (χ2v) is 14.6. The molecule has 4 nitrogen and oxygen atoms in total. The molecule has 0 aliphatic heterocycles. The van der Waals surface area contributed by atoms with Crippen LogP contribution in [0.25, 0.3) is 72.7 Å². The van der Waals surface area contributed by atoms with Crippen molar-refractivity contribution in [3.63, 3.8) is 0 Å². The highest BCUT2D eigenvalue weighted by Gasteiger charge is 2.23. The van der Waals surface area contributed by atoms with E-state index in [1.165, 1.54) is 22.3 Å². The van der Waals surface area contributed by atoms with Crippen LogP contribution >= 0.6 is 0 Å². The molecule has 52 heavy (non-hydrogen) atoms. The summed E-state index contributed by atoms with van der Waals surface area (Å²) in [6.07, 6.45) is 1.90. The summed E-state index contributed by atoms with van der Waals surface area (Å²) in [5, 5.41) is 11.2. The third-order valence-electron chi connectivity index (χ3n) is 10.1. The molecule has 0 saturated heterocycles. The Labute approximate surface area is 305 Å². The number of imidazole rings is 1.